The maximum Gasteiger partial charge on any atom is 0.374 e. The number of furan rings is 1. The Morgan fingerprint density at radius 3 is 2.21 bits per heavy atom. The van der Waals surface area contributed by atoms with Crippen molar-refractivity contribution in [3.8, 4) is 0 Å². The number of nitrogens with zero attached hydrogens (tertiary/aromatic N) is 1. The quantitative estimate of drug-likeness (QED) is 0.606. The third-order valence-corrected chi connectivity index (χ3v) is 4.64. The summed E-state index contributed by atoms with van der Waals surface area (Å²) in [6, 6.07) is 8.36. The summed E-state index contributed by atoms with van der Waals surface area (Å²) >= 11 is 0. The number of nitrogens with one attached hydrogen (secondary N) is 1. The van der Waals surface area contributed by atoms with Crippen LogP contribution in [0, 0.1) is 0 Å². The minimum absolute atomic E-state index is 0.112. The van der Waals surface area contributed by atoms with Gasteiger partial charge in [-0.25, -0.2) is 18.4 Å². The summed E-state index contributed by atoms with van der Waals surface area (Å²) in [5.74, 6) is -2.16. The van der Waals surface area contributed by atoms with Gasteiger partial charge in [-0.05, 0) is 50.2 Å². The van der Waals surface area contributed by atoms with E-state index in [-0.39, 0.29) is 5.91 Å². The third-order valence-electron chi connectivity index (χ3n) is 3.86. The van der Waals surface area contributed by atoms with Gasteiger partial charge in [-0.2, -0.15) is 0 Å². The number of primary sulfonamides is 1. The summed E-state index contributed by atoms with van der Waals surface area (Å²) in [5, 5.41) is 6.80. The van der Waals surface area contributed by atoms with E-state index in [1.165, 1.54) is 0 Å². The zero-order chi connectivity index (χ0) is 21.6. The average Bonchev–Trinajstić information content (AvgIpc) is 3.18. The second-order valence-electron chi connectivity index (χ2n) is 5.84. The molecule has 11 heteroatoms. The lowest BCUT2D eigenvalue weighted by Gasteiger charge is -2.18. The Balaban J connectivity index is 1.90. The minimum Gasteiger partial charge on any atom is -0.450 e. The molecule has 0 spiro atoms. The summed E-state index contributed by atoms with van der Waals surface area (Å²) in [7, 11) is -4.09. The number of amides is 2. The fraction of sp³-hybridized carbons (Fsp3) is 0.278. The highest BCUT2D eigenvalue weighted by Gasteiger charge is 2.19. The Morgan fingerprint density at radius 1 is 1.07 bits per heavy atom. The van der Waals surface area contributed by atoms with Gasteiger partial charge in [-0.3, -0.25) is 9.59 Å². The van der Waals surface area contributed by atoms with Crippen molar-refractivity contribution in [2.45, 2.75) is 18.9 Å². The molecule has 1 heterocycles. The lowest BCUT2D eigenvalue weighted by molar-refractivity contribution is -0.119. The largest absolute Gasteiger partial charge is 0.450 e. The Kier molecular flexibility index (Phi) is 7.13. The van der Waals surface area contributed by atoms with Crippen LogP contribution in [0.15, 0.2) is 45.9 Å². The first-order valence-corrected chi connectivity index (χ1v) is 10.2. The van der Waals surface area contributed by atoms with Crippen molar-refractivity contribution in [3.05, 3.63) is 47.7 Å². The van der Waals surface area contributed by atoms with Gasteiger partial charge in [0.2, 0.25) is 10.9 Å². The number of nitrogens with two attached hydrogens (primary N) is 1. The van der Waals surface area contributed by atoms with E-state index >= 15 is 0 Å². The maximum absolute atomic E-state index is 12.2. The van der Waals surface area contributed by atoms with Gasteiger partial charge in [-0.15, -0.1) is 0 Å². The molecule has 0 atom stereocenters. The van der Waals surface area contributed by atoms with Gasteiger partial charge in [0, 0.05) is 24.3 Å². The number of sulfonamides is 1. The molecule has 0 radical (unpaired) electrons. The molecule has 10 nitrogen and oxygen atoms in total. The molecule has 1 aromatic heterocycles. The molecular weight excluding hydrogens is 402 g/mol. The fourth-order valence-corrected chi connectivity index (χ4v) is 2.84. The van der Waals surface area contributed by atoms with Crippen LogP contribution in [0.2, 0.25) is 0 Å². The predicted octanol–water partition coefficient (Wildman–Crippen LogP) is 1.20. The standard InChI is InChI=1S/C18H21N3O7S/c1-3-21(4-2)17(23)12-5-7-13(8-6-12)20-15(22)11-27-18(24)14-9-10-16(28-14)29(19,25)26/h5-10H,3-4,11H2,1-2H3,(H,20,22)(H2,19,25,26). The Morgan fingerprint density at radius 2 is 1.69 bits per heavy atom. The maximum atomic E-state index is 12.2. The zero-order valence-corrected chi connectivity index (χ0v) is 16.7. The van der Waals surface area contributed by atoms with E-state index in [4.69, 9.17) is 14.3 Å². The number of benzene rings is 1. The van der Waals surface area contributed by atoms with E-state index in [0.717, 1.165) is 12.1 Å². The smallest absolute Gasteiger partial charge is 0.374 e. The summed E-state index contributed by atoms with van der Waals surface area (Å²) in [4.78, 5) is 37.6. The van der Waals surface area contributed by atoms with Gasteiger partial charge in [0.05, 0.1) is 0 Å². The highest BCUT2D eigenvalue weighted by Crippen LogP contribution is 2.14. The van der Waals surface area contributed by atoms with Crippen LogP contribution in [-0.4, -0.2) is 50.8 Å². The lowest BCUT2D eigenvalue weighted by atomic mass is 10.2. The molecule has 0 aliphatic carbocycles. The molecule has 0 unspecified atom stereocenters. The monoisotopic (exact) mass is 423 g/mol. The molecule has 3 N–H and O–H groups in total. The van der Waals surface area contributed by atoms with Gasteiger partial charge >= 0.3 is 5.97 Å². The third kappa shape index (κ3) is 5.90. The van der Waals surface area contributed by atoms with Crippen molar-refractivity contribution in [1.82, 2.24) is 4.90 Å². The summed E-state index contributed by atoms with van der Waals surface area (Å²) in [6.07, 6.45) is 0. The average molecular weight is 423 g/mol. The van der Waals surface area contributed by atoms with E-state index < -0.39 is 39.4 Å². The van der Waals surface area contributed by atoms with Gasteiger partial charge in [0.1, 0.15) is 0 Å². The van der Waals surface area contributed by atoms with Crippen LogP contribution in [0.3, 0.4) is 0 Å². The van der Waals surface area contributed by atoms with Gasteiger partial charge in [-0.1, -0.05) is 0 Å². The molecule has 0 saturated carbocycles. The Labute approximate surface area is 167 Å². The molecule has 0 aliphatic rings. The van der Waals surface area contributed by atoms with Crippen molar-refractivity contribution < 1.29 is 32.0 Å². The van der Waals surface area contributed by atoms with E-state index in [9.17, 15) is 22.8 Å². The van der Waals surface area contributed by atoms with E-state index in [0.29, 0.717) is 24.3 Å². The van der Waals surface area contributed by atoms with Crippen LogP contribution in [-0.2, 0) is 19.6 Å². The van der Waals surface area contributed by atoms with Crippen LogP contribution in [0.4, 0.5) is 5.69 Å². The number of rotatable bonds is 8. The molecule has 2 aromatic rings. The van der Waals surface area contributed by atoms with Crippen molar-refractivity contribution >= 4 is 33.5 Å². The summed E-state index contributed by atoms with van der Waals surface area (Å²) in [5.41, 5.74) is 0.901. The van der Waals surface area contributed by atoms with E-state index in [1.54, 1.807) is 29.2 Å². The molecule has 156 valence electrons. The lowest BCUT2D eigenvalue weighted by Crippen LogP contribution is -2.30. The first-order valence-electron chi connectivity index (χ1n) is 8.64. The highest BCUT2D eigenvalue weighted by atomic mass is 32.2. The number of anilines is 1. The number of carbonyl (C=O) groups excluding carboxylic acids is 3. The zero-order valence-electron chi connectivity index (χ0n) is 15.9. The molecule has 0 saturated heterocycles. The second-order valence-corrected chi connectivity index (χ2v) is 7.34. The van der Waals surface area contributed by atoms with Crippen molar-refractivity contribution in [1.29, 1.82) is 0 Å². The van der Waals surface area contributed by atoms with Crippen LogP contribution >= 0.6 is 0 Å². The summed E-state index contributed by atoms with van der Waals surface area (Å²) in [6.45, 7) is 4.33. The molecule has 1 aromatic carbocycles. The van der Waals surface area contributed by atoms with Crippen LogP contribution < -0.4 is 10.5 Å². The number of carbonyl (C=O) groups is 3. The number of esters is 1. The van der Waals surface area contributed by atoms with Gasteiger partial charge < -0.3 is 19.4 Å². The molecule has 2 rings (SSSR count). The SMILES string of the molecule is CCN(CC)C(=O)c1ccc(NC(=O)COC(=O)c2ccc(S(N)(=O)=O)o2)cc1. The first-order chi connectivity index (χ1) is 13.7. The van der Waals surface area contributed by atoms with E-state index in [1.807, 2.05) is 13.8 Å². The van der Waals surface area contributed by atoms with E-state index in [2.05, 4.69) is 5.32 Å². The topological polar surface area (TPSA) is 149 Å². The normalized spacial score (nSPS) is 11.0. The second kappa shape index (κ2) is 9.34. The highest BCUT2D eigenvalue weighted by molar-refractivity contribution is 7.89. The molecular formula is C18H21N3O7S. The molecule has 29 heavy (non-hydrogen) atoms. The molecule has 0 fully saturated rings. The predicted molar refractivity (Wildman–Crippen MR) is 103 cm³/mol. The van der Waals surface area contributed by atoms with Crippen LogP contribution in [0.1, 0.15) is 34.8 Å². The van der Waals surface area contributed by atoms with Gasteiger partial charge in [0.15, 0.2) is 6.61 Å². The van der Waals surface area contributed by atoms with Crippen LogP contribution in [0.25, 0.3) is 0 Å². The number of hydrogen-bond donors (Lipinski definition) is 2. The molecule has 2 amide bonds. The Hall–Kier alpha value is -3.18. The molecule has 0 aliphatic heterocycles. The van der Waals surface area contributed by atoms with Crippen molar-refractivity contribution in [2.75, 3.05) is 25.0 Å². The first kappa shape index (κ1) is 22.1. The minimum atomic E-state index is -4.09. The number of ether oxygens (including phenoxy) is 1. The Bertz CT molecular complexity index is 993. The van der Waals surface area contributed by atoms with Crippen LogP contribution in [0.5, 0.6) is 0 Å². The summed E-state index contributed by atoms with van der Waals surface area (Å²) < 4.78 is 31.8. The fourth-order valence-electron chi connectivity index (χ4n) is 2.37. The van der Waals surface area contributed by atoms with Gasteiger partial charge in [0.25, 0.3) is 21.8 Å². The molecule has 0 bridgehead atoms. The van der Waals surface area contributed by atoms with Crippen molar-refractivity contribution in [2.24, 2.45) is 5.14 Å². The number of hydrogen-bond acceptors (Lipinski definition) is 7. The van der Waals surface area contributed by atoms with Crippen molar-refractivity contribution in [3.63, 3.8) is 0 Å².